The number of thiophene rings is 1. The second kappa shape index (κ2) is 5.79. The summed E-state index contributed by atoms with van der Waals surface area (Å²) >= 11 is 1.49. The maximum atomic E-state index is 11.9. The summed E-state index contributed by atoms with van der Waals surface area (Å²) in [5.41, 5.74) is 0.280. The van der Waals surface area contributed by atoms with E-state index in [1.54, 1.807) is 0 Å². The van der Waals surface area contributed by atoms with Gasteiger partial charge < -0.3 is 14.8 Å². The first kappa shape index (κ1) is 12.8. The summed E-state index contributed by atoms with van der Waals surface area (Å²) in [6.07, 6.45) is 1.26. The highest BCUT2D eigenvalue weighted by atomic mass is 32.1. The summed E-state index contributed by atoms with van der Waals surface area (Å²) in [5, 5.41) is 13.5. The molecule has 0 spiro atoms. The lowest BCUT2D eigenvalue weighted by molar-refractivity contribution is 0.0938. The molecular weight excluding hydrogens is 252 g/mol. The highest BCUT2D eigenvalue weighted by Crippen LogP contribution is 2.27. The molecule has 0 aliphatic rings. The number of rotatable bonds is 5. The third kappa shape index (κ3) is 2.77. The van der Waals surface area contributed by atoms with Crippen molar-refractivity contribution in [2.45, 2.75) is 6.92 Å². The fourth-order valence-electron chi connectivity index (χ4n) is 1.41. The van der Waals surface area contributed by atoms with Crippen LogP contribution in [0, 0.1) is 5.92 Å². The predicted molar refractivity (Wildman–Crippen MR) is 68.4 cm³/mol. The van der Waals surface area contributed by atoms with Gasteiger partial charge >= 0.3 is 0 Å². The number of hydrogen-bond acceptors (Lipinski definition) is 5. The van der Waals surface area contributed by atoms with Crippen molar-refractivity contribution in [3.63, 3.8) is 0 Å². The molecule has 6 heteroatoms. The average molecular weight is 266 g/mol. The van der Waals surface area contributed by atoms with E-state index >= 15 is 0 Å². The second-order valence-corrected chi connectivity index (χ2v) is 4.95. The zero-order chi connectivity index (χ0) is 13.0. The van der Waals surface area contributed by atoms with Crippen LogP contribution in [0.4, 0.5) is 0 Å². The summed E-state index contributed by atoms with van der Waals surface area (Å²) in [4.78, 5) is 16.7. The predicted octanol–water partition coefficient (Wildman–Crippen LogP) is 1.76. The first-order valence-corrected chi connectivity index (χ1v) is 6.46. The van der Waals surface area contributed by atoms with Crippen LogP contribution in [0.15, 0.2) is 28.3 Å². The second-order valence-electron chi connectivity index (χ2n) is 4.01. The van der Waals surface area contributed by atoms with Gasteiger partial charge in [0.15, 0.2) is 17.8 Å². The Kier molecular flexibility index (Phi) is 4.11. The molecule has 0 bridgehead atoms. The van der Waals surface area contributed by atoms with Crippen molar-refractivity contribution in [3.8, 4) is 10.6 Å². The fourth-order valence-corrected chi connectivity index (χ4v) is 2.12. The van der Waals surface area contributed by atoms with Crippen LogP contribution in [0.1, 0.15) is 17.4 Å². The molecule has 2 rings (SSSR count). The lowest BCUT2D eigenvalue weighted by Gasteiger charge is -2.08. The van der Waals surface area contributed by atoms with E-state index in [0.717, 1.165) is 4.88 Å². The summed E-state index contributed by atoms with van der Waals surface area (Å²) < 4.78 is 5.25. The Hall–Kier alpha value is -1.66. The van der Waals surface area contributed by atoms with E-state index < -0.39 is 0 Å². The van der Waals surface area contributed by atoms with Crippen LogP contribution < -0.4 is 5.32 Å². The van der Waals surface area contributed by atoms with E-state index in [2.05, 4.69) is 10.3 Å². The van der Waals surface area contributed by atoms with Crippen molar-refractivity contribution in [3.05, 3.63) is 29.6 Å². The van der Waals surface area contributed by atoms with E-state index in [4.69, 9.17) is 9.52 Å². The molecule has 0 aliphatic carbocycles. The minimum absolute atomic E-state index is 0.0195. The van der Waals surface area contributed by atoms with E-state index in [9.17, 15) is 4.79 Å². The van der Waals surface area contributed by atoms with E-state index in [-0.39, 0.29) is 24.1 Å². The largest absolute Gasteiger partial charge is 0.442 e. The Bertz CT molecular complexity index is 507. The fraction of sp³-hybridized carbons (Fsp3) is 0.333. The van der Waals surface area contributed by atoms with Gasteiger partial charge in [0, 0.05) is 13.2 Å². The molecule has 1 amide bonds. The van der Waals surface area contributed by atoms with Gasteiger partial charge in [-0.15, -0.1) is 11.3 Å². The quantitative estimate of drug-likeness (QED) is 0.864. The van der Waals surface area contributed by atoms with Crippen molar-refractivity contribution < 1.29 is 14.3 Å². The summed E-state index contributed by atoms with van der Waals surface area (Å²) in [6.45, 7) is 2.30. The van der Waals surface area contributed by atoms with Crippen molar-refractivity contribution in [1.82, 2.24) is 10.3 Å². The number of amides is 1. The Morgan fingerprint density at radius 1 is 1.67 bits per heavy atom. The van der Waals surface area contributed by atoms with Crippen molar-refractivity contribution in [2.24, 2.45) is 5.92 Å². The molecular formula is C12H14N2O3S. The maximum absolute atomic E-state index is 11.9. The van der Waals surface area contributed by atoms with Crippen LogP contribution in [0.25, 0.3) is 10.6 Å². The van der Waals surface area contributed by atoms with Crippen molar-refractivity contribution >= 4 is 17.2 Å². The number of hydrogen-bond donors (Lipinski definition) is 2. The molecule has 5 nitrogen and oxygen atoms in total. The molecule has 0 aromatic carbocycles. The minimum atomic E-state index is -0.285. The van der Waals surface area contributed by atoms with Gasteiger partial charge in [0.1, 0.15) is 0 Å². The number of aromatic nitrogens is 1. The molecule has 2 heterocycles. The van der Waals surface area contributed by atoms with E-state index in [1.807, 2.05) is 24.4 Å². The Balaban J connectivity index is 2.10. The summed E-state index contributed by atoms with van der Waals surface area (Å²) in [5.74, 6) is 0.220. The third-order valence-corrected chi connectivity index (χ3v) is 3.32. The van der Waals surface area contributed by atoms with Gasteiger partial charge in [0.05, 0.1) is 4.88 Å². The molecule has 0 fully saturated rings. The van der Waals surface area contributed by atoms with E-state index in [0.29, 0.717) is 12.3 Å². The number of nitrogens with zero attached hydrogens (tertiary/aromatic N) is 1. The van der Waals surface area contributed by atoms with Crippen LogP contribution in [-0.2, 0) is 0 Å². The van der Waals surface area contributed by atoms with Gasteiger partial charge in [-0.2, -0.15) is 0 Å². The molecule has 2 N–H and O–H groups in total. The molecule has 1 unspecified atom stereocenters. The molecule has 1 atom stereocenters. The van der Waals surface area contributed by atoms with Crippen LogP contribution in [-0.4, -0.2) is 29.1 Å². The smallest absolute Gasteiger partial charge is 0.273 e. The zero-order valence-electron chi connectivity index (χ0n) is 9.92. The first-order chi connectivity index (χ1) is 8.72. The van der Waals surface area contributed by atoms with E-state index in [1.165, 1.54) is 17.7 Å². The molecule has 96 valence electrons. The molecule has 0 saturated carbocycles. The first-order valence-electron chi connectivity index (χ1n) is 5.58. The van der Waals surface area contributed by atoms with Gasteiger partial charge in [-0.1, -0.05) is 13.0 Å². The summed E-state index contributed by atoms with van der Waals surface area (Å²) in [7, 11) is 0. The number of carbonyl (C=O) groups is 1. The van der Waals surface area contributed by atoms with Gasteiger partial charge in [-0.3, -0.25) is 4.79 Å². The highest BCUT2D eigenvalue weighted by molar-refractivity contribution is 7.13. The minimum Gasteiger partial charge on any atom is -0.442 e. The van der Waals surface area contributed by atoms with Gasteiger partial charge in [-0.05, 0) is 17.4 Å². The molecule has 0 radical (unpaired) electrons. The lowest BCUT2D eigenvalue weighted by atomic mass is 10.2. The zero-order valence-corrected chi connectivity index (χ0v) is 10.7. The molecule has 0 saturated heterocycles. The molecule has 0 aliphatic heterocycles. The van der Waals surface area contributed by atoms with Crippen LogP contribution >= 0.6 is 11.3 Å². The highest BCUT2D eigenvalue weighted by Gasteiger charge is 2.18. The number of aliphatic hydroxyl groups is 1. The average Bonchev–Trinajstić information content (AvgIpc) is 3.04. The molecule has 18 heavy (non-hydrogen) atoms. The maximum Gasteiger partial charge on any atom is 0.273 e. The van der Waals surface area contributed by atoms with Crippen molar-refractivity contribution in [2.75, 3.05) is 13.2 Å². The number of nitrogens with one attached hydrogen (secondary N) is 1. The van der Waals surface area contributed by atoms with Crippen LogP contribution in [0.5, 0.6) is 0 Å². The normalized spacial score (nSPS) is 12.3. The Labute approximate surface area is 108 Å². The third-order valence-electron chi connectivity index (χ3n) is 2.45. The number of carbonyl (C=O) groups excluding carboxylic acids is 1. The number of aliphatic hydroxyl groups excluding tert-OH is 1. The lowest BCUT2D eigenvalue weighted by Crippen LogP contribution is -2.30. The molecule has 2 aromatic rings. The molecule has 2 aromatic heterocycles. The monoisotopic (exact) mass is 266 g/mol. The van der Waals surface area contributed by atoms with Gasteiger partial charge in [-0.25, -0.2) is 4.98 Å². The van der Waals surface area contributed by atoms with Crippen LogP contribution in [0.2, 0.25) is 0 Å². The summed E-state index contributed by atoms with van der Waals surface area (Å²) in [6, 6.07) is 3.76. The SMILES string of the molecule is CC(CO)CNC(=O)c1ncoc1-c1cccs1. The van der Waals surface area contributed by atoms with Crippen LogP contribution in [0.3, 0.4) is 0 Å². The van der Waals surface area contributed by atoms with Gasteiger partial charge in [0.25, 0.3) is 5.91 Å². The topological polar surface area (TPSA) is 75.4 Å². The van der Waals surface area contributed by atoms with Crippen molar-refractivity contribution in [1.29, 1.82) is 0 Å². The van der Waals surface area contributed by atoms with Gasteiger partial charge in [0.2, 0.25) is 0 Å². The number of oxazole rings is 1. The Morgan fingerprint density at radius 3 is 3.17 bits per heavy atom. The Morgan fingerprint density at radius 2 is 2.50 bits per heavy atom. The standard InChI is InChI=1S/C12H14N2O3S/c1-8(6-15)5-13-12(16)10-11(17-7-14-10)9-3-2-4-18-9/h2-4,7-8,15H,5-6H2,1H3,(H,13,16).